The third-order valence-electron chi connectivity index (χ3n) is 3.79. The van der Waals surface area contributed by atoms with Gasteiger partial charge in [-0.3, -0.25) is 0 Å². The smallest absolute Gasteiger partial charge is 0.332 e. The van der Waals surface area contributed by atoms with Crippen LogP contribution in [0, 0.1) is 6.92 Å². The summed E-state index contributed by atoms with van der Waals surface area (Å²) < 4.78 is 29.6. The van der Waals surface area contributed by atoms with Gasteiger partial charge >= 0.3 is 5.97 Å². The molecule has 0 saturated carbocycles. The van der Waals surface area contributed by atoms with Gasteiger partial charge in [0.2, 0.25) is 0 Å². The van der Waals surface area contributed by atoms with Gasteiger partial charge < -0.3 is 9.84 Å². The first kappa shape index (κ1) is 15.0. The number of carboxylic acids is 1. The molecule has 1 heterocycles. The average Bonchev–Trinajstić information content (AvgIpc) is 2.38. The molecule has 1 fully saturated rings. The van der Waals surface area contributed by atoms with Crippen molar-refractivity contribution in [2.75, 3.05) is 6.61 Å². The zero-order valence-electron chi connectivity index (χ0n) is 11.5. The monoisotopic (exact) mass is 298 g/mol. The van der Waals surface area contributed by atoms with Crippen molar-refractivity contribution < 1.29 is 23.1 Å². The summed E-state index contributed by atoms with van der Waals surface area (Å²) in [7, 11) is -3.59. The number of rotatable bonds is 3. The molecule has 0 aromatic heterocycles. The number of sulfone groups is 1. The van der Waals surface area contributed by atoms with E-state index in [1.54, 1.807) is 25.1 Å². The molecule has 0 spiro atoms. The number of aliphatic carboxylic acids is 1. The Bertz CT molecular complexity index is 622. The Morgan fingerprint density at radius 3 is 2.75 bits per heavy atom. The van der Waals surface area contributed by atoms with Gasteiger partial charge in [-0.2, -0.15) is 0 Å². The summed E-state index contributed by atoms with van der Waals surface area (Å²) >= 11 is 0. The van der Waals surface area contributed by atoms with Crippen LogP contribution in [0.4, 0.5) is 0 Å². The van der Waals surface area contributed by atoms with Crippen LogP contribution >= 0.6 is 0 Å². The average molecular weight is 298 g/mol. The molecule has 110 valence electrons. The summed E-state index contributed by atoms with van der Waals surface area (Å²) in [6.45, 7) is 3.56. The quantitative estimate of drug-likeness (QED) is 0.920. The van der Waals surface area contributed by atoms with E-state index in [2.05, 4.69) is 0 Å². The van der Waals surface area contributed by atoms with Gasteiger partial charge in [0.15, 0.2) is 15.9 Å². The van der Waals surface area contributed by atoms with Crippen LogP contribution in [0.5, 0.6) is 0 Å². The number of aryl methyl sites for hydroxylation is 1. The van der Waals surface area contributed by atoms with Crippen molar-refractivity contribution in [1.29, 1.82) is 0 Å². The predicted octanol–water partition coefficient (Wildman–Crippen LogP) is 1.79. The second-order valence-electron chi connectivity index (χ2n) is 5.42. The summed E-state index contributed by atoms with van der Waals surface area (Å²) in [6.07, 6.45) is -0.792. The van der Waals surface area contributed by atoms with Crippen molar-refractivity contribution in [3.8, 4) is 0 Å². The van der Waals surface area contributed by atoms with E-state index in [-0.39, 0.29) is 17.9 Å². The summed E-state index contributed by atoms with van der Waals surface area (Å²) in [5.74, 6) is -1.12. The second-order valence-corrected chi connectivity index (χ2v) is 7.89. The van der Waals surface area contributed by atoms with Gasteiger partial charge in [0.25, 0.3) is 0 Å². The van der Waals surface area contributed by atoms with Crippen LogP contribution in [0.2, 0.25) is 0 Å². The van der Waals surface area contributed by atoms with Crippen molar-refractivity contribution in [1.82, 2.24) is 0 Å². The molecule has 1 N–H and O–H groups in total. The Morgan fingerprint density at radius 2 is 2.15 bits per heavy atom. The standard InChI is InChI=1S/C14H18O5S/c1-10-4-3-5-11(8-10)20(17,18)14(2)6-7-19-12(9-14)13(15)16/h3-5,8,12H,6-7,9H2,1-2H3,(H,15,16). The topological polar surface area (TPSA) is 80.7 Å². The molecule has 1 aromatic rings. The van der Waals surface area contributed by atoms with Crippen LogP contribution in [0.3, 0.4) is 0 Å². The molecule has 0 amide bonds. The van der Waals surface area contributed by atoms with Crippen LogP contribution in [0.15, 0.2) is 29.2 Å². The fourth-order valence-electron chi connectivity index (χ4n) is 2.44. The first-order valence-corrected chi connectivity index (χ1v) is 7.90. The van der Waals surface area contributed by atoms with Gasteiger partial charge in [0, 0.05) is 13.0 Å². The summed E-state index contributed by atoms with van der Waals surface area (Å²) in [4.78, 5) is 11.3. The Hall–Kier alpha value is -1.40. The molecule has 5 nitrogen and oxygen atoms in total. The van der Waals surface area contributed by atoms with Gasteiger partial charge in [-0.25, -0.2) is 13.2 Å². The normalized spacial score (nSPS) is 27.2. The van der Waals surface area contributed by atoms with Crippen LogP contribution in [0.1, 0.15) is 25.3 Å². The molecular weight excluding hydrogens is 280 g/mol. The minimum atomic E-state index is -3.59. The lowest BCUT2D eigenvalue weighted by atomic mass is 9.96. The fourth-order valence-corrected chi connectivity index (χ4v) is 4.33. The van der Waals surface area contributed by atoms with E-state index >= 15 is 0 Å². The number of carbonyl (C=O) groups is 1. The van der Waals surface area contributed by atoms with Crippen molar-refractivity contribution >= 4 is 15.8 Å². The highest BCUT2D eigenvalue weighted by Crippen LogP contribution is 2.36. The lowest BCUT2D eigenvalue weighted by Gasteiger charge is -2.36. The maximum atomic E-state index is 12.8. The zero-order chi connectivity index (χ0) is 15.0. The SMILES string of the molecule is Cc1cccc(S(=O)(=O)C2(C)CCOC(C(=O)O)C2)c1. The molecule has 20 heavy (non-hydrogen) atoms. The lowest BCUT2D eigenvalue weighted by Crippen LogP contribution is -2.47. The molecule has 2 rings (SSSR count). The minimum Gasteiger partial charge on any atom is -0.479 e. The van der Waals surface area contributed by atoms with E-state index in [1.165, 1.54) is 0 Å². The predicted molar refractivity (Wildman–Crippen MR) is 73.4 cm³/mol. The first-order chi connectivity index (χ1) is 9.26. The van der Waals surface area contributed by atoms with Gasteiger partial charge in [0.05, 0.1) is 9.64 Å². The fraction of sp³-hybridized carbons (Fsp3) is 0.500. The van der Waals surface area contributed by atoms with E-state index in [0.29, 0.717) is 6.42 Å². The van der Waals surface area contributed by atoms with Crippen molar-refractivity contribution in [2.45, 2.75) is 42.4 Å². The van der Waals surface area contributed by atoms with Crippen LogP contribution in [-0.4, -0.2) is 37.0 Å². The van der Waals surface area contributed by atoms with Crippen molar-refractivity contribution in [3.63, 3.8) is 0 Å². The maximum Gasteiger partial charge on any atom is 0.332 e. The summed E-state index contributed by atoms with van der Waals surface area (Å²) in [5, 5.41) is 9.03. The molecule has 0 bridgehead atoms. The molecule has 1 aliphatic heterocycles. The molecule has 0 aliphatic carbocycles. The van der Waals surface area contributed by atoms with Gasteiger partial charge in [-0.15, -0.1) is 0 Å². The highest BCUT2D eigenvalue weighted by atomic mass is 32.2. The first-order valence-electron chi connectivity index (χ1n) is 6.42. The molecule has 6 heteroatoms. The number of carboxylic acid groups (broad SMARTS) is 1. The summed E-state index contributed by atoms with van der Waals surface area (Å²) in [5.41, 5.74) is 0.858. The highest BCUT2D eigenvalue weighted by Gasteiger charge is 2.46. The van der Waals surface area contributed by atoms with Crippen molar-refractivity contribution in [2.24, 2.45) is 0 Å². The van der Waals surface area contributed by atoms with Crippen LogP contribution in [0.25, 0.3) is 0 Å². The number of hydrogen-bond donors (Lipinski definition) is 1. The maximum absolute atomic E-state index is 12.8. The number of ether oxygens (including phenoxy) is 1. The minimum absolute atomic E-state index is 0.0292. The Morgan fingerprint density at radius 1 is 1.45 bits per heavy atom. The summed E-state index contributed by atoms with van der Waals surface area (Å²) in [6, 6.07) is 6.69. The molecule has 0 radical (unpaired) electrons. The third-order valence-corrected chi connectivity index (χ3v) is 6.33. The Kier molecular flexibility index (Phi) is 3.88. The highest BCUT2D eigenvalue weighted by molar-refractivity contribution is 7.92. The Labute approximate surface area is 118 Å². The van der Waals surface area contributed by atoms with E-state index < -0.39 is 26.7 Å². The molecule has 1 aromatic carbocycles. The molecule has 1 saturated heterocycles. The lowest BCUT2D eigenvalue weighted by molar-refractivity contribution is -0.154. The molecular formula is C14H18O5S. The van der Waals surface area contributed by atoms with E-state index in [4.69, 9.17) is 9.84 Å². The van der Waals surface area contributed by atoms with E-state index in [0.717, 1.165) is 5.56 Å². The van der Waals surface area contributed by atoms with Crippen LogP contribution in [-0.2, 0) is 19.4 Å². The van der Waals surface area contributed by atoms with Gasteiger partial charge in [-0.1, -0.05) is 12.1 Å². The molecule has 2 atom stereocenters. The van der Waals surface area contributed by atoms with E-state index in [9.17, 15) is 13.2 Å². The Balaban J connectivity index is 2.39. The van der Waals surface area contributed by atoms with Crippen LogP contribution < -0.4 is 0 Å². The molecule has 1 aliphatic rings. The second kappa shape index (κ2) is 5.18. The van der Waals surface area contributed by atoms with Crippen molar-refractivity contribution in [3.05, 3.63) is 29.8 Å². The zero-order valence-corrected chi connectivity index (χ0v) is 12.3. The van der Waals surface area contributed by atoms with E-state index in [1.807, 2.05) is 13.0 Å². The number of hydrogen-bond acceptors (Lipinski definition) is 4. The third kappa shape index (κ3) is 2.58. The molecule has 2 unspecified atom stereocenters. The number of benzene rings is 1. The van der Waals surface area contributed by atoms with Gasteiger partial charge in [0.1, 0.15) is 0 Å². The largest absolute Gasteiger partial charge is 0.479 e. The van der Waals surface area contributed by atoms with Gasteiger partial charge in [-0.05, 0) is 38.0 Å².